The molecule has 0 fully saturated rings. The maximum atomic E-state index is 11.4. The molecule has 4 heteroatoms. The van der Waals surface area contributed by atoms with Crippen molar-refractivity contribution in [2.75, 3.05) is 12.3 Å². The van der Waals surface area contributed by atoms with Gasteiger partial charge in [0.2, 0.25) is 0 Å². The van der Waals surface area contributed by atoms with E-state index in [4.69, 9.17) is 10.5 Å². The fraction of sp³-hybridized carbons (Fsp3) is 0.300. The van der Waals surface area contributed by atoms with Crippen LogP contribution in [0, 0.1) is 3.57 Å². The summed E-state index contributed by atoms with van der Waals surface area (Å²) in [6.45, 7) is 3.89. The number of hydrogen-bond donors (Lipinski definition) is 1. The Labute approximate surface area is 96.8 Å². The minimum atomic E-state index is -0.0653. The Bertz CT molecular complexity index is 363. The number of carbonyl (C=O) groups excluding carboxylic acids is 1. The molecule has 0 unspecified atom stereocenters. The molecule has 0 saturated heterocycles. The molecule has 1 rings (SSSR count). The van der Waals surface area contributed by atoms with E-state index in [1.807, 2.05) is 13.0 Å². The molecule has 2 N–H and O–H groups in total. The first-order valence-electron chi connectivity index (χ1n) is 4.29. The van der Waals surface area contributed by atoms with Crippen LogP contribution >= 0.6 is 22.6 Å². The smallest absolute Gasteiger partial charge is 0.165 e. The highest BCUT2D eigenvalue weighted by atomic mass is 127. The van der Waals surface area contributed by atoms with Crippen LogP contribution in [-0.4, -0.2) is 12.4 Å². The fourth-order valence-corrected chi connectivity index (χ4v) is 1.66. The van der Waals surface area contributed by atoms with E-state index in [1.165, 1.54) is 6.92 Å². The first-order chi connectivity index (χ1) is 6.57. The third-order valence-electron chi connectivity index (χ3n) is 1.81. The molecule has 0 amide bonds. The van der Waals surface area contributed by atoms with Gasteiger partial charge in [-0.15, -0.1) is 0 Å². The molecular formula is C10H12INO2. The summed E-state index contributed by atoms with van der Waals surface area (Å²) in [6.07, 6.45) is 0. The zero-order valence-corrected chi connectivity index (χ0v) is 10.3. The highest BCUT2D eigenvalue weighted by molar-refractivity contribution is 14.1. The maximum Gasteiger partial charge on any atom is 0.165 e. The summed E-state index contributed by atoms with van der Waals surface area (Å²) < 4.78 is 6.20. The summed E-state index contributed by atoms with van der Waals surface area (Å²) in [7, 11) is 0. The highest BCUT2D eigenvalue weighted by Gasteiger charge is 2.14. The van der Waals surface area contributed by atoms with Crippen molar-refractivity contribution in [1.82, 2.24) is 0 Å². The van der Waals surface area contributed by atoms with Gasteiger partial charge >= 0.3 is 0 Å². The molecule has 0 spiro atoms. The van der Waals surface area contributed by atoms with Gasteiger partial charge in [0.15, 0.2) is 5.78 Å². The lowest BCUT2D eigenvalue weighted by Gasteiger charge is -2.11. The van der Waals surface area contributed by atoms with Crippen molar-refractivity contribution >= 4 is 34.1 Å². The topological polar surface area (TPSA) is 52.3 Å². The van der Waals surface area contributed by atoms with E-state index in [1.54, 1.807) is 6.07 Å². The standard InChI is InChI=1S/C10H12INO2/c1-3-14-8-5-4-7(11)10(12)9(8)6(2)13/h4-5H,3,12H2,1-2H3. The molecule has 1 aromatic rings. The lowest BCUT2D eigenvalue weighted by Crippen LogP contribution is -2.06. The number of nitrogen functional groups attached to an aromatic ring is 1. The molecule has 0 aliphatic heterocycles. The Morgan fingerprint density at radius 1 is 1.57 bits per heavy atom. The van der Waals surface area contributed by atoms with Gasteiger partial charge in [-0.2, -0.15) is 0 Å². The van der Waals surface area contributed by atoms with Crippen LogP contribution in [-0.2, 0) is 0 Å². The van der Waals surface area contributed by atoms with E-state index in [9.17, 15) is 4.79 Å². The summed E-state index contributed by atoms with van der Waals surface area (Å²) >= 11 is 2.10. The van der Waals surface area contributed by atoms with E-state index in [-0.39, 0.29) is 5.78 Å². The quantitative estimate of drug-likeness (QED) is 0.530. The molecule has 3 nitrogen and oxygen atoms in total. The van der Waals surface area contributed by atoms with Gasteiger partial charge in [-0.1, -0.05) is 0 Å². The molecule has 0 atom stereocenters. The summed E-state index contributed by atoms with van der Waals surface area (Å²) in [4.78, 5) is 11.4. The zero-order valence-electron chi connectivity index (χ0n) is 8.13. The summed E-state index contributed by atoms with van der Waals surface area (Å²) in [5, 5.41) is 0. The SMILES string of the molecule is CCOc1ccc(I)c(N)c1C(C)=O. The largest absolute Gasteiger partial charge is 0.493 e. The fourth-order valence-electron chi connectivity index (χ4n) is 1.21. The van der Waals surface area contributed by atoms with E-state index >= 15 is 0 Å². The number of rotatable bonds is 3. The average Bonchev–Trinajstić information content (AvgIpc) is 2.11. The van der Waals surface area contributed by atoms with Crippen LogP contribution < -0.4 is 10.5 Å². The second-order valence-corrected chi connectivity index (χ2v) is 3.99. The number of nitrogens with two attached hydrogens (primary N) is 1. The number of halogens is 1. The van der Waals surface area contributed by atoms with Crippen molar-refractivity contribution in [2.24, 2.45) is 0 Å². The lowest BCUT2D eigenvalue weighted by molar-refractivity contribution is 0.101. The Morgan fingerprint density at radius 3 is 2.71 bits per heavy atom. The average molecular weight is 305 g/mol. The zero-order chi connectivity index (χ0) is 10.7. The van der Waals surface area contributed by atoms with Gasteiger partial charge in [0.1, 0.15) is 5.75 Å². The molecule has 0 bridgehead atoms. The molecule has 0 aromatic heterocycles. The number of Topliss-reactive ketones (excluding diaryl/α,β-unsaturated/α-hetero) is 1. The van der Waals surface area contributed by atoms with Crippen molar-refractivity contribution in [3.05, 3.63) is 21.3 Å². The van der Waals surface area contributed by atoms with E-state index in [2.05, 4.69) is 22.6 Å². The molecule has 14 heavy (non-hydrogen) atoms. The molecule has 0 aliphatic carbocycles. The number of hydrogen-bond acceptors (Lipinski definition) is 3. The number of ether oxygens (including phenoxy) is 1. The van der Waals surface area contributed by atoms with Crippen molar-refractivity contribution < 1.29 is 9.53 Å². The summed E-state index contributed by atoms with van der Waals surface area (Å²) in [5.74, 6) is 0.502. The predicted octanol–water partition coefficient (Wildman–Crippen LogP) is 2.47. The number of benzene rings is 1. The number of anilines is 1. The second-order valence-electron chi connectivity index (χ2n) is 2.82. The second kappa shape index (κ2) is 4.63. The van der Waals surface area contributed by atoms with Gasteiger partial charge in [-0.25, -0.2) is 0 Å². The van der Waals surface area contributed by atoms with Crippen molar-refractivity contribution in [3.8, 4) is 5.75 Å². The Kier molecular flexibility index (Phi) is 3.74. The minimum absolute atomic E-state index is 0.0653. The Morgan fingerprint density at radius 2 is 2.21 bits per heavy atom. The normalized spacial score (nSPS) is 9.93. The van der Waals surface area contributed by atoms with Crippen molar-refractivity contribution in [2.45, 2.75) is 13.8 Å². The molecule has 0 heterocycles. The van der Waals surface area contributed by atoms with Crippen LogP contribution in [0.25, 0.3) is 0 Å². The van der Waals surface area contributed by atoms with E-state index < -0.39 is 0 Å². The first kappa shape index (κ1) is 11.3. The van der Waals surface area contributed by atoms with Crippen molar-refractivity contribution in [3.63, 3.8) is 0 Å². The predicted molar refractivity (Wildman–Crippen MR) is 64.7 cm³/mol. The number of carbonyl (C=O) groups is 1. The number of ketones is 1. The van der Waals surface area contributed by atoms with Crippen LogP contribution in [0.1, 0.15) is 24.2 Å². The maximum absolute atomic E-state index is 11.4. The van der Waals surface area contributed by atoms with Gasteiger partial charge in [-0.05, 0) is 48.6 Å². The van der Waals surface area contributed by atoms with Crippen LogP contribution in [0.3, 0.4) is 0 Å². The Balaban J connectivity index is 3.30. The minimum Gasteiger partial charge on any atom is -0.493 e. The lowest BCUT2D eigenvalue weighted by atomic mass is 10.1. The Hall–Kier alpha value is -0.780. The summed E-state index contributed by atoms with van der Waals surface area (Å²) in [6, 6.07) is 3.62. The summed E-state index contributed by atoms with van der Waals surface area (Å²) in [5.41, 5.74) is 6.79. The third-order valence-corrected chi connectivity index (χ3v) is 2.75. The molecule has 0 aliphatic rings. The van der Waals surface area contributed by atoms with Gasteiger partial charge < -0.3 is 10.5 Å². The van der Waals surface area contributed by atoms with Crippen LogP contribution in [0.15, 0.2) is 12.1 Å². The van der Waals surface area contributed by atoms with Gasteiger partial charge in [0, 0.05) is 3.57 Å². The van der Waals surface area contributed by atoms with Gasteiger partial charge in [-0.3, -0.25) is 4.79 Å². The van der Waals surface area contributed by atoms with E-state index in [0.717, 1.165) is 3.57 Å². The van der Waals surface area contributed by atoms with Crippen LogP contribution in [0.4, 0.5) is 5.69 Å². The molecule has 0 radical (unpaired) electrons. The molecule has 1 aromatic carbocycles. The monoisotopic (exact) mass is 305 g/mol. The molecule has 76 valence electrons. The van der Waals surface area contributed by atoms with E-state index in [0.29, 0.717) is 23.6 Å². The van der Waals surface area contributed by atoms with Gasteiger partial charge in [0.25, 0.3) is 0 Å². The van der Waals surface area contributed by atoms with Crippen LogP contribution in [0.2, 0.25) is 0 Å². The third kappa shape index (κ3) is 2.17. The van der Waals surface area contributed by atoms with Crippen LogP contribution in [0.5, 0.6) is 5.75 Å². The highest BCUT2D eigenvalue weighted by Crippen LogP contribution is 2.29. The first-order valence-corrected chi connectivity index (χ1v) is 5.37. The van der Waals surface area contributed by atoms with Gasteiger partial charge in [0.05, 0.1) is 17.9 Å². The molecular weight excluding hydrogens is 293 g/mol. The molecule has 0 saturated carbocycles. The van der Waals surface area contributed by atoms with Crippen molar-refractivity contribution in [1.29, 1.82) is 0 Å².